The number of carboxylic acids is 1. The van der Waals surface area contributed by atoms with Gasteiger partial charge in [-0.15, -0.1) is 0 Å². The van der Waals surface area contributed by atoms with Gasteiger partial charge in [0, 0.05) is 4.47 Å². The molecule has 1 aromatic carbocycles. The van der Waals surface area contributed by atoms with Crippen molar-refractivity contribution in [1.29, 1.82) is 0 Å². The van der Waals surface area contributed by atoms with E-state index in [0.29, 0.717) is 0 Å². The van der Waals surface area contributed by atoms with E-state index in [2.05, 4.69) is 31.9 Å². The van der Waals surface area contributed by atoms with Crippen molar-refractivity contribution >= 4 is 37.8 Å². The maximum Gasteiger partial charge on any atom is 0.336 e. The van der Waals surface area contributed by atoms with Crippen LogP contribution in [-0.2, 0) is 0 Å². The van der Waals surface area contributed by atoms with Gasteiger partial charge in [0.05, 0.1) is 10.0 Å². The molecule has 64 valence electrons. The monoisotopic (exact) mass is 296 g/mol. The Bertz CT molecular complexity index is 338. The van der Waals surface area contributed by atoms with Gasteiger partial charge in [0.25, 0.3) is 0 Å². The van der Waals surface area contributed by atoms with E-state index in [1.54, 1.807) is 0 Å². The fraction of sp³-hybridized carbons (Fsp3) is 0. The highest BCUT2D eigenvalue weighted by molar-refractivity contribution is 9.11. The van der Waals surface area contributed by atoms with Gasteiger partial charge in [-0.05, 0) is 44.0 Å². The second-order valence-electron chi connectivity index (χ2n) is 2.05. The van der Waals surface area contributed by atoms with Crippen LogP contribution in [0.25, 0.3) is 0 Å². The van der Waals surface area contributed by atoms with Crippen LogP contribution in [0, 0.1) is 5.82 Å². The molecule has 0 aromatic heterocycles. The van der Waals surface area contributed by atoms with Crippen molar-refractivity contribution in [3.8, 4) is 0 Å². The minimum Gasteiger partial charge on any atom is -0.478 e. The van der Waals surface area contributed by atoms with Crippen molar-refractivity contribution in [3.63, 3.8) is 0 Å². The van der Waals surface area contributed by atoms with Crippen molar-refractivity contribution in [2.45, 2.75) is 0 Å². The summed E-state index contributed by atoms with van der Waals surface area (Å²) in [6.07, 6.45) is 0. The van der Waals surface area contributed by atoms with Gasteiger partial charge in [-0.3, -0.25) is 0 Å². The third-order valence-corrected chi connectivity index (χ3v) is 2.50. The van der Waals surface area contributed by atoms with Crippen molar-refractivity contribution in [2.24, 2.45) is 0 Å². The predicted molar refractivity (Wildman–Crippen MR) is 48.8 cm³/mol. The Balaban J connectivity index is 3.33. The SMILES string of the molecule is O=C(O)c1cc(Br)c(F)cc1Br. The van der Waals surface area contributed by atoms with E-state index < -0.39 is 11.8 Å². The molecule has 2 nitrogen and oxygen atoms in total. The molecular weight excluding hydrogens is 295 g/mol. The maximum atomic E-state index is 12.8. The molecular formula is C7H3Br2FO2. The first-order valence-corrected chi connectivity index (χ1v) is 4.49. The highest BCUT2D eigenvalue weighted by atomic mass is 79.9. The number of benzene rings is 1. The first-order valence-electron chi connectivity index (χ1n) is 2.90. The summed E-state index contributed by atoms with van der Waals surface area (Å²) < 4.78 is 13.1. The number of hydrogen-bond donors (Lipinski definition) is 1. The summed E-state index contributed by atoms with van der Waals surface area (Å²) in [5, 5.41) is 8.61. The topological polar surface area (TPSA) is 37.3 Å². The molecule has 5 heteroatoms. The summed E-state index contributed by atoms with van der Waals surface area (Å²) in [5.41, 5.74) is 0.0308. The van der Waals surface area contributed by atoms with Gasteiger partial charge in [-0.25, -0.2) is 9.18 Å². The Labute approximate surface area is 84.7 Å². The van der Waals surface area contributed by atoms with Crippen LogP contribution >= 0.6 is 31.9 Å². The number of carbonyl (C=O) groups is 1. The molecule has 0 spiro atoms. The van der Waals surface area contributed by atoms with Gasteiger partial charge in [0.1, 0.15) is 5.82 Å². The average molecular weight is 298 g/mol. The molecule has 0 saturated heterocycles. The van der Waals surface area contributed by atoms with Crippen molar-refractivity contribution in [3.05, 3.63) is 32.5 Å². The quantitative estimate of drug-likeness (QED) is 0.809. The molecule has 0 fully saturated rings. The normalized spacial score (nSPS) is 9.92. The van der Waals surface area contributed by atoms with Crippen molar-refractivity contribution in [1.82, 2.24) is 0 Å². The molecule has 0 radical (unpaired) electrons. The Kier molecular flexibility index (Phi) is 2.85. The predicted octanol–water partition coefficient (Wildman–Crippen LogP) is 3.05. The van der Waals surface area contributed by atoms with Crippen LogP contribution in [0.1, 0.15) is 10.4 Å². The van der Waals surface area contributed by atoms with E-state index in [0.717, 1.165) is 6.07 Å². The van der Waals surface area contributed by atoms with E-state index >= 15 is 0 Å². The zero-order valence-electron chi connectivity index (χ0n) is 5.64. The lowest BCUT2D eigenvalue weighted by Gasteiger charge is -2.00. The highest BCUT2D eigenvalue weighted by Gasteiger charge is 2.11. The van der Waals surface area contributed by atoms with Gasteiger partial charge in [0.15, 0.2) is 0 Å². The lowest BCUT2D eigenvalue weighted by molar-refractivity contribution is 0.0696. The second kappa shape index (κ2) is 3.53. The molecule has 0 aliphatic heterocycles. The van der Waals surface area contributed by atoms with Crippen LogP contribution in [0.5, 0.6) is 0 Å². The number of halogens is 3. The van der Waals surface area contributed by atoms with E-state index in [-0.39, 0.29) is 14.5 Å². The average Bonchev–Trinajstić information content (AvgIpc) is 1.96. The lowest BCUT2D eigenvalue weighted by Crippen LogP contribution is -1.98. The summed E-state index contributed by atoms with van der Waals surface area (Å²) in [6.45, 7) is 0. The summed E-state index contributed by atoms with van der Waals surface area (Å²) in [7, 11) is 0. The van der Waals surface area contributed by atoms with Crippen LogP contribution in [-0.4, -0.2) is 11.1 Å². The maximum absolute atomic E-state index is 12.8. The smallest absolute Gasteiger partial charge is 0.336 e. The standard InChI is InChI=1S/C7H3Br2FO2/c8-4-2-6(10)5(9)1-3(4)7(11)12/h1-2H,(H,11,12). The molecule has 0 aliphatic rings. The molecule has 1 aromatic rings. The van der Waals surface area contributed by atoms with Crippen molar-refractivity contribution in [2.75, 3.05) is 0 Å². The van der Waals surface area contributed by atoms with Crippen LogP contribution in [0.15, 0.2) is 21.1 Å². The third-order valence-electron chi connectivity index (χ3n) is 1.24. The van der Waals surface area contributed by atoms with E-state index in [1.807, 2.05) is 0 Å². The molecule has 0 heterocycles. The van der Waals surface area contributed by atoms with Crippen LogP contribution in [0.2, 0.25) is 0 Å². The Morgan fingerprint density at radius 3 is 2.42 bits per heavy atom. The van der Waals surface area contributed by atoms with Gasteiger partial charge in [0.2, 0.25) is 0 Å². The van der Waals surface area contributed by atoms with Gasteiger partial charge < -0.3 is 5.11 Å². The number of rotatable bonds is 1. The molecule has 0 amide bonds. The van der Waals surface area contributed by atoms with Gasteiger partial charge >= 0.3 is 5.97 Å². The summed E-state index contributed by atoms with van der Waals surface area (Å²) >= 11 is 5.83. The van der Waals surface area contributed by atoms with Crippen LogP contribution < -0.4 is 0 Å². The highest BCUT2D eigenvalue weighted by Crippen LogP contribution is 2.24. The summed E-state index contributed by atoms with van der Waals surface area (Å²) in [5.74, 6) is -1.59. The first-order chi connectivity index (χ1) is 5.52. The molecule has 0 aliphatic carbocycles. The second-order valence-corrected chi connectivity index (χ2v) is 3.76. The van der Waals surface area contributed by atoms with Gasteiger partial charge in [-0.1, -0.05) is 0 Å². The van der Waals surface area contributed by atoms with Crippen molar-refractivity contribution < 1.29 is 14.3 Å². The molecule has 12 heavy (non-hydrogen) atoms. The molecule has 0 bridgehead atoms. The van der Waals surface area contributed by atoms with Gasteiger partial charge in [-0.2, -0.15) is 0 Å². The van der Waals surface area contributed by atoms with E-state index in [9.17, 15) is 9.18 Å². The Morgan fingerprint density at radius 2 is 1.92 bits per heavy atom. The van der Waals surface area contributed by atoms with E-state index in [1.165, 1.54) is 6.07 Å². The molecule has 0 saturated carbocycles. The van der Waals surface area contributed by atoms with Crippen LogP contribution in [0.4, 0.5) is 4.39 Å². The zero-order valence-corrected chi connectivity index (χ0v) is 8.82. The largest absolute Gasteiger partial charge is 0.478 e. The zero-order chi connectivity index (χ0) is 9.30. The fourth-order valence-corrected chi connectivity index (χ4v) is 1.51. The Morgan fingerprint density at radius 1 is 1.33 bits per heavy atom. The summed E-state index contributed by atoms with van der Waals surface area (Å²) in [4.78, 5) is 10.5. The van der Waals surface area contributed by atoms with Crippen LogP contribution in [0.3, 0.4) is 0 Å². The fourth-order valence-electron chi connectivity index (χ4n) is 0.686. The number of aromatic carboxylic acids is 1. The Hall–Kier alpha value is -0.420. The minimum atomic E-state index is -1.09. The first kappa shape index (κ1) is 9.67. The van der Waals surface area contributed by atoms with E-state index in [4.69, 9.17) is 5.11 Å². The molecule has 1 N–H and O–H groups in total. The lowest BCUT2D eigenvalue weighted by atomic mass is 10.2. The molecule has 1 rings (SSSR count). The number of hydrogen-bond acceptors (Lipinski definition) is 1. The summed E-state index contributed by atoms with van der Waals surface area (Å²) in [6, 6.07) is 2.31. The minimum absolute atomic E-state index is 0.0308. The number of carboxylic acid groups (broad SMARTS) is 1. The molecule has 0 atom stereocenters. The molecule has 0 unspecified atom stereocenters. The third kappa shape index (κ3) is 1.84.